The van der Waals surface area contributed by atoms with Crippen LogP contribution in [0.15, 0.2) is 72.8 Å². The molecule has 0 aliphatic carbocycles. The standard InChI is InChI=1S/C23H17F3N4O2/c24-23(25,26)14-6-4-8-16(12-14)29-22(32)28-15-7-3-5-13(11-15)20-19(21(27)31)17-9-1-2-10-18(17)30-20/h1-12,30H,(H2,27,31)(H2,28,29,32). The van der Waals surface area contributed by atoms with Gasteiger partial charge in [0.1, 0.15) is 0 Å². The highest BCUT2D eigenvalue weighted by atomic mass is 19.4. The average Bonchev–Trinajstić information content (AvgIpc) is 3.13. The molecule has 0 atom stereocenters. The maximum atomic E-state index is 12.9. The molecule has 1 aromatic heterocycles. The van der Waals surface area contributed by atoms with E-state index in [2.05, 4.69) is 15.6 Å². The minimum Gasteiger partial charge on any atom is -0.366 e. The van der Waals surface area contributed by atoms with Crippen LogP contribution in [0.2, 0.25) is 0 Å². The van der Waals surface area contributed by atoms with E-state index in [1.54, 1.807) is 36.4 Å². The van der Waals surface area contributed by atoms with E-state index < -0.39 is 23.7 Å². The zero-order valence-electron chi connectivity index (χ0n) is 16.5. The first-order valence-corrected chi connectivity index (χ1v) is 9.48. The molecule has 4 aromatic rings. The van der Waals surface area contributed by atoms with Gasteiger partial charge in [-0.3, -0.25) is 4.79 Å². The minimum atomic E-state index is -4.51. The third-order valence-corrected chi connectivity index (χ3v) is 4.81. The van der Waals surface area contributed by atoms with Crippen molar-refractivity contribution in [2.24, 2.45) is 5.73 Å². The van der Waals surface area contributed by atoms with E-state index in [4.69, 9.17) is 5.73 Å². The van der Waals surface area contributed by atoms with Gasteiger partial charge in [0.2, 0.25) is 0 Å². The third-order valence-electron chi connectivity index (χ3n) is 4.81. The van der Waals surface area contributed by atoms with E-state index in [0.717, 1.165) is 17.6 Å². The Bertz CT molecular complexity index is 1330. The topological polar surface area (TPSA) is 100 Å². The van der Waals surface area contributed by atoms with E-state index in [1.165, 1.54) is 12.1 Å². The van der Waals surface area contributed by atoms with Crippen LogP contribution in [0, 0.1) is 0 Å². The van der Waals surface area contributed by atoms with Crippen molar-refractivity contribution in [3.05, 3.63) is 83.9 Å². The monoisotopic (exact) mass is 438 g/mol. The molecule has 0 saturated heterocycles. The molecule has 6 nitrogen and oxygen atoms in total. The number of primary amides is 1. The molecule has 0 unspecified atom stereocenters. The molecule has 3 amide bonds. The van der Waals surface area contributed by atoms with Crippen LogP contribution in [0.3, 0.4) is 0 Å². The fourth-order valence-corrected chi connectivity index (χ4v) is 3.43. The van der Waals surface area contributed by atoms with Crippen molar-refractivity contribution in [3.8, 4) is 11.3 Å². The molecule has 0 bridgehead atoms. The van der Waals surface area contributed by atoms with Crippen LogP contribution >= 0.6 is 0 Å². The second-order valence-electron chi connectivity index (χ2n) is 7.02. The Hall–Kier alpha value is -4.27. The number of urea groups is 1. The van der Waals surface area contributed by atoms with Gasteiger partial charge in [-0.25, -0.2) is 4.79 Å². The summed E-state index contributed by atoms with van der Waals surface area (Å²) in [6, 6.07) is 17.5. The fourth-order valence-electron chi connectivity index (χ4n) is 3.43. The van der Waals surface area contributed by atoms with Crippen molar-refractivity contribution in [2.45, 2.75) is 6.18 Å². The van der Waals surface area contributed by atoms with Crippen molar-refractivity contribution < 1.29 is 22.8 Å². The van der Waals surface area contributed by atoms with Crippen LogP contribution < -0.4 is 16.4 Å². The lowest BCUT2D eigenvalue weighted by Gasteiger charge is -2.11. The molecule has 1 heterocycles. The zero-order valence-corrected chi connectivity index (χ0v) is 16.5. The van der Waals surface area contributed by atoms with Gasteiger partial charge in [0.05, 0.1) is 16.8 Å². The SMILES string of the molecule is NC(=O)c1c(-c2cccc(NC(=O)Nc3cccc(C(F)(F)F)c3)c2)[nH]c2ccccc12. The molecular weight excluding hydrogens is 421 g/mol. The number of nitrogens with one attached hydrogen (secondary N) is 3. The maximum absolute atomic E-state index is 12.9. The number of aromatic nitrogens is 1. The molecule has 5 N–H and O–H groups in total. The molecule has 0 radical (unpaired) electrons. The lowest BCUT2D eigenvalue weighted by molar-refractivity contribution is -0.137. The van der Waals surface area contributed by atoms with Gasteiger partial charge in [-0.05, 0) is 36.4 Å². The summed E-state index contributed by atoms with van der Waals surface area (Å²) in [7, 11) is 0. The maximum Gasteiger partial charge on any atom is 0.416 e. The van der Waals surface area contributed by atoms with Gasteiger partial charge in [-0.15, -0.1) is 0 Å². The summed E-state index contributed by atoms with van der Waals surface area (Å²) < 4.78 is 38.6. The lowest BCUT2D eigenvalue weighted by atomic mass is 10.0. The highest BCUT2D eigenvalue weighted by Gasteiger charge is 2.30. The molecule has 0 aliphatic heterocycles. The van der Waals surface area contributed by atoms with Gasteiger partial charge < -0.3 is 21.4 Å². The number of benzene rings is 3. The number of rotatable bonds is 4. The molecule has 0 aliphatic rings. The lowest BCUT2D eigenvalue weighted by Crippen LogP contribution is -2.19. The number of H-pyrrole nitrogens is 1. The van der Waals surface area contributed by atoms with E-state index in [0.29, 0.717) is 27.9 Å². The van der Waals surface area contributed by atoms with Gasteiger partial charge in [0.15, 0.2) is 0 Å². The molecule has 162 valence electrons. The fraction of sp³-hybridized carbons (Fsp3) is 0.0435. The number of nitrogens with two attached hydrogens (primary N) is 1. The second-order valence-corrected chi connectivity index (χ2v) is 7.02. The molecular formula is C23H17F3N4O2. The first kappa shape index (κ1) is 21.0. The van der Waals surface area contributed by atoms with Gasteiger partial charge >= 0.3 is 12.2 Å². The van der Waals surface area contributed by atoms with Crippen LogP contribution in [-0.4, -0.2) is 16.9 Å². The predicted molar refractivity (Wildman–Crippen MR) is 116 cm³/mol. The Morgan fingerprint density at radius 3 is 2.19 bits per heavy atom. The summed E-state index contributed by atoms with van der Waals surface area (Å²) in [6.07, 6.45) is -4.51. The number of anilines is 2. The molecule has 0 saturated carbocycles. The molecule has 0 spiro atoms. The average molecular weight is 438 g/mol. The molecule has 9 heteroatoms. The number of para-hydroxylation sites is 1. The van der Waals surface area contributed by atoms with E-state index in [-0.39, 0.29) is 5.69 Å². The quantitative estimate of drug-likeness (QED) is 0.334. The summed E-state index contributed by atoms with van der Waals surface area (Å²) in [5.74, 6) is -0.599. The zero-order chi connectivity index (χ0) is 22.9. The highest BCUT2D eigenvalue weighted by Crippen LogP contribution is 2.32. The van der Waals surface area contributed by atoms with Crippen molar-refractivity contribution in [3.63, 3.8) is 0 Å². The summed E-state index contributed by atoms with van der Waals surface area (Å²) >= 11 is 0. The Kier molecular flexibility index (Phi) is 5.31. The van der Waals surface area contributed by atoms with Crippen molar-refractivity contribution in [2.75, 3.05) is 10.6 Å². The van der Waals surface area contributed by atoms with Crippen LogP contribution in [0.5, 0.6) is 0 Å². The summed E-state index contributed by atoms with van der Waals surface area (Å²) in [4.78, 5) is 27.6. The van der Waals surface area contributed by atoms with Crippen molar-refractivity contribution in [1.29, 1.82) is 0 Å². The molecule has 32 heavy (non-hydrogen) atoms. The first-order chi connectivity index (χ1) is 15.2. The number of aromatic amines is 1. The number of hydrogen-bond donors (Lipinski definition) is 4. The Morgan fingerprint density at radius 2 is 1.50 bits per heavy atom. The third kappa shape index (κ3) is 4.27. The van der Waals surface area contributed by atoms with Crippen LogP contribution in [0.1, 0.15) is 15.9 Å². The van der Waals surface area contributed by atoms with Crippen molar-refractivity contribution >= 4 is 34.2 Å². The van der Waals surface area contributed by atoms with Crippen LogP contribution in [-0.2, 0) is 6.18 Å². The smallest absolute Gasteiger partial charge is 0.366 e. The van der Waals surface area contributed by atoms with E-state index in [1.807, 2.05) is 12.1 Å². The summed E-state index contributed by atoms with van der Waals surface area (Å²) in [5, 5.41) is 5.64. The van der Waals surface area contributed by atoms with Crippen LogP contribution in [0.4, 0.5) is 29.3 Å². The van der Waals surface area contributed by atoms with Crippen molar-refractivity contribution in [1.82, 2.24) is 4.98 Å². The number of carbonyl (C=O) groups is 2. The normalized spacial score (nSPS) is 11.3. The first-order valence-electron chi connectivity index (χ1n) is 9.48. The number of halogens is 3. The number of carbonyl (C=O) groups excluding carboxylic acids is 2. The second kappa shape index (κ2) is 8.10. The highest BCUT2D eigenvalue weighted by molar-refractivity contribution is 6.12. The van der Waals surface area contributed by atoms with E-state index in [9.17, 15) is 22.8 Å². The number of amides is 3. The summed E-state index contributed by atoms with van der Waals surface area (Å²) in [5.41, 5.74) is 7.26. The molecule has 4 rings (SSSR count). The Morgan fingerprint density at radius 1 is 0.844 bits per heavy atom. The minimum absolute atomic E-state index is 0.000104. The Labute approximate surface area is 180 Å². The number of hydrogen-bond acceptors (Lipinski definition) is 2. The van der Waals surface area contributed by atoms with E-state index >= 15 is 0 Å². The van der Waals surface area contributed by atoms with Crippen LogP contribution in [0.25, 0.3) is 22.2 Å². The van der Waals surface area contributed by atoms with Gasteiger partial charge in [-0.2, -0.15) is 13.2 Å². The van der Waals surface area contributed by atoms with Gasteiger partial charge in [-0.1, -0.05) is 36.4 Å². The Balaban J connectivity index is 1.58. The molecule has 0 fully saturated rings. The van der Waals surface area contributed by atoms with Gasteiger partial charge in [0, 0.05) is 27.8 Å². The number of fused-ring (bicyclic) bond motifs is 1. The van der Waals surface area contributed by atoms with Gasteiger partial charge in [0.25, 0.3) is 5.91 Å². The summed E-state index contributed by atoms with van der Waals surface area (Å²) in [6.45, 7) is 0. The largest absolute Gasteiger partial charge is 0.416 e. The predicted octanol–water partition coefficient (Wildman–Crippen LogP) is 5.60. The number of alkyl halides is 3. The molecule has 3 aromatic carbocycles.